The van der Waals surface area contributed by atoms with E-state index < -0.39 is 11.7 Å². The SMILES string of the molecule is NC(=O)Cc1cn(-c2ccc(Cl)c(F)c2)cc1C(=O)N[C@H]1CCCNC1. The Kier molecular flexibility index (Phi) is 5.58. The van der Waals surface area contributed by atoms with E-state index >= 15 is 0 Å². The van der Waals surface area contributed by atoms with Gasteiger partial charge in [0.15, 0.2) is 0 Å². The number of nitrogens with two attached hydrogens (primary N) is 1. The molecule has 3 rings (SSSR count). The van der Waals surface area contributed by atoms with E-state index in [-0.39, 0.29) is 23.4 Å². The third kappa shape index (κ3) is 4.23. The lowest BCUT2D eigenvalue weighted by Gasteiger charge is -2.23. The smallest absolute Gasteiger partial charge is 0.253 e. The van der Waals surface area contributed by atoms with Crippen LogP contribution in [0, 0.1) is 5.82 Å². The van der Waals surface area contributed by atoms with Crippen LogP contribution in [0.2, 0.25) is 5.02 Å². The molecule has 2 heterocycles. The second kappa shape index (κ2) is 7.88. The molecule has 1 saturated heterocycles. The molecule has 2 aromatic rings. The highest BCUT2D eigenvalue weighted by molar-refractivity contribution is 6.30. The van der Waals surface area contributed by atoms with Crippen LogP contribution in [0.1, 0.15) is 28.8 Å². The Morgan fingerprint density at radius 3 is 2.85 bits per heavy atom. The third-order valence-electron chi connectivity index (χ3n) is 4.35. The first-order chi connectivity index (χ1) is 12.4. The predicted octanol–water partition coefficient (Wildman–Crippen LogP) is 1.78. The summed E-state index contributed by atoms with van der Waals surface area (Å²) in [7, 11) is 0. The fourth-order valence-corrected chi connectivity index (χ4v) is 3.18. The molecule has 1 fully saturated rings. The summed E-state index contributed by atoms with van der Waals surface area (Å²) in [5.41, 5.74) is 6.64. The monoisotopic (exact) mass is 378 g/mol. The molecule has 6 nitrogen and oxygen atoms in total. The average Bonchev–Trinajstić information content (AvgIpc) is 3.01. The van der Waals surface area contributed by atoms with Crippen molar-refractivity contribution in [2.45, 2.75) is 25.3 Å². The van der Waals surface area contributed by atoms with Crippen molar-refractivity contribution in [1.29, 1.82) is 0 Å². The molecule has 1 aliphatic rings. The van der Waals surface area contributed by atoms with Crippen LogP contribution in [0.3, 0.4) is 0 Å². The van der Waals surface area contributed by atoms with E-state index in [2.05, 4.69) is 10.6 Å². The maximum absolute atomic E-state index is 13.7. The Morgan fingerprint density at radius 1 is 1.38 bits per heavy atom. The van der Waals surface area contributed by atoms with Crippen molar-refractivity contribution in [3.05, 3.63) is 52.6 Å². The molecule has 0 unspecified atom stereocenters. The summed E-state index contributed by atoms with van der Waals surface area (Å²) in [5, 5.41) is 6.22. The van der Waals surface area contributed by atoms with Crippen LogP contribution >= 0.6 is 11.6 Å². The molecule has 0 radical (unpaired) electrons. The Labute approximate surface area is 155 Å². The number of carbonyl (C=O) groups excluding carboxylic acids is 2. The van der Waals surface area contributed by atoms with Crippen molar-refractivity contribution in [3.63, 3.8) is 0 Å². The zero-order chi connectivity index (χ0) is 18.7. The van der Waals surface area contributed by atoms with Crippen LogP contribution in [0.25, 0.3) is 5.69 Å². The molecule has 0 bridgehead atoms. The topological polar surface area (TPSA) is 89.2 Å². The van der Waals surface area contributed by atoms with Crippen molar-refractivity contribution >= 4 is 23.4 Å². The quantitative estimate of drug-likeness (QED) is 0.741. The first-order valence-corrected chi connectivity index (χ1v) is 8.78. The molecule has 1 atom stereocenters. The lowest BCUT2D eigenvalue weighted by Crippen LogP contribution is -2.45. The van der Waals surface area contributed by atoms with E-state index in [1.165, 1.54) is 12.1 Å². The van der Waals surface area contributed by atoms with Crippen LogP contribution in [0.15, 0.2) is 30.6 Å². The molecule has 8 heteroatoms. The van der Waals surface area contributed by atoms with Gasteiger partial charge in [-0.25, -0.2) is 4.39 Å². The minimum Gasteiger partial charge on any atom is -0.369 e. The van der Waals surface area contributed by atoms with E-state index in [1.807, 2.05) is 0 Å². The predicted molar refractivity (Wildman–Crippen MR) is 97.0 cm³/mol. The molecular weight excluding hydrogens is 359 g/mol. The van der Waals surface area contributed by atoms with Crippen LogP contribution in [0.4, 0.5) is 4.39 Å². The minimum atomic E-state index is -0.561. The van der Waals surface area contributed by atoms with E-state index in [1.54, 1.807) is 23.0 Å². The molecule has 138 valence electrons. The van der Waals surface area contributed by atoms with Gasteiger partial charge in [0.1, 0.15) is 5.82 Å². The van der Waals surface area contributed by atoms with Gasteiger partial charge in [-0.15, -0.1) is 0 Å². The number of piperidine rings is 1. The number of halogens is 2. The van der Waals surface area contributed by atoms with Gasteiger partial charge in [0.2, 0.25) is 5.91 Å². The number of hydrogen-bond donors (Lipinski definition) is 3. The third-order valence-corrected chi connectivity index (χ3v) is 4.66. The van der Waals surface area contributed by atoms with Crippen molar-refractivity contribution in [3.8, 4) is 5.69 Å². The lowest BCUT2D eigenvalue weighted by molar-refractivity contribution is -0.117. The molecule has 0 aliphatic carbocycles. The van der Waals surface area contributed by atoms with E-state index in [9.17, 15) is 14.0 Å². The average molecular weight is 379 g/mol. The lowest BCUT2D eigenvalue weighted by atomic mass is 10.1. The highest BCUT2D eigenvalue weighted by Gasteiger charge is 2.21. The van der Waals surface area contributed by atoms with Crippen molar-refractivity contribution < 1.29 is 14.0 Å². The Morgan fingerprint density at radius 2 is 2.19 bits per heavy atom. The molecular formula is C18H20ClFN4O2. The minimum absolute atomic E-state index is 0.0148. The van der Waals surface area contributed by atoms with E-state index in [0.29, 0.717) is 23.4 Å². The molecule has 1 aromatic carbocycles. The highest BCUT2D eigenvalue weighted by Crippen LogP contribution is 2.21. The highest BCUT2D eigenvalue weighted by atomic mass is 35.5. The fraction of sp³-hybridized carbons (Fsp3) is 0.333. The Hall–Kier alpha value is -2.38. The second-order valence-corrected chi connectivity index (χ2v) is 6.77. The van der Waals surface area contributed by atoms with Crippen LogP contribution in [0.5, 0.6) is 0 Å². The first-order valence-electron chi connectivity index (χ1n) is 8.40. The number of rotatable bonds is 5. The number of amides is 2. The first kappa shape index (κ1) is 18.4. The van der Waals surface area contributed by atoms with Gasteiger partial charge in [-0.2, -0.15) is 0 Å². The summed E-state index contributed by atoms with van der Waals surface area (Å²) >= 11 is 5.72. The van der Waals surface area contributed by atoms with E-state index in [0.717, 1.165) is 19.4 Å². The number of hydrogen-bond acceptors (Lipinski definition) is 3. The maximum atomic E-state index is 13.7. The van der Waals surface area contributed by atoms with E-state index in [4.69, 9.17) is 17.3 Å². The van der Waals surface area contributed by atoms with Gasteiger partial charge < -0.3 is 20.9 Å². The number of benzene rings is 1. The van der Waals surface area contributed by atoms with Crippen LogP contribution in [-0.2, 0) is 11.2 Å². The summed E-state index contributed by atoms with van der Waals surface area (Å²) < 4.78 is 15.3. The molecule has 1 aliphatic heterocycles. The van der Waals surface area contributed by atoms with Crippen molar-refractivity contribution in [1.82, 2.24) is 15.2 Å². The summed E-state index contributed by atoms with van der Waals surface area (Å²) in [6.45, 7) is 1.65. The zero-order valence-corrected chi connectivity index (χ0v) is 14.9. The van der Waals surface area contributed by atoms with Gasteiger partial charge in [-0.05, 0) is 43.1 Å². The summed E-state index contributed by atoms with van der Waals surface area (Å²) in [6.07, 6.45) is 5.00. The Bertz CT molecular complexity index is 831. The summed E-state index contributed by atoms with van der Waals surface area (Å²) in [5.74, 6) is -1.38. The number of primary amides is 1. The fourth-order valence-electron chi connectivity index (χ4n) is 3.06. The zero-order valence-electron chi connectivity index (χ0n) is 14.1. The van der Waals surface area contributed by atoms with Gasteiger partial charge in [0.05, 0.1) is 17.0 Å². The summed E-state index contributed by atoms with van der Waals surface area (Å²) in [6, 6.07) is 4.37. The van der Waals surface area contributed by atoms with Gasteiger partial charge in [-0.1, -0.05) is 11.6 Å². The molecule has 26 heavy (non-hydrogen) atoms. The van der Waals surface area contributed by atoms with Gasteiger partial charge in [-0.3, -0.25) is 9.59 Å². The number of aromatic nitrogens is 1. The second-order valence-electron chi connectivity index (χ2n) is 6.36. The molecule has 0 saturated carbocycles. The maximum Gasteiger partial charge on any atom is 0.253 e. The molecule has 0 spiro atoms. The molecule has 1 aromatic heterocycles. The van der Waals surface area contributed by atoms with Gasteiger partial charge in [0, 0.05) is 30.7 Å². The Balaban J connectivity index is 1.89. The molecule has 2 amide bonds. The van der Waals surface area contributed by atoms with Gasteiger partial charge >= 0.3 is 0 Å². The number of nitrogens with zero attached hydrogens (tertiary/aromatic N) is 1. The number of carbonyl (C=O) groups is 2. The van der Waals surface area contributed by atoms with Crippen molar-refractivity contribution in [2.75, 3.05) is 13.1 Å². The van der Waals surface area contributed by atoms with Gasteiger partial charge in [0.25, 0.3) is 5.91 Å². The van der Waals surface area contributed by atoms with Crippen LogP contribution < -0.4 is 16.4 Å². The van der Waals surface area contributed by atoms with Crippen molar-refractivity contribution in [2.24, 2.45) is 5.73 Å². The standard InChI is InChI=1S/C18H20ClFN4O2/c19-15-4-3-13(7-16(15)20)24-9-11(6-17(21)25)14(10-24)18(26)23-12-2-1-5-22-8-12/h3-4,7,9-10,12,22H,1-2,5-6,8H2,(H2,21,25)(H,23,26)/t12-/m0/s1. The summed E-state index contributed by atoms with van der Waals surface area (Å²) in [4.78, 5) is 24.1. The normalized spacial score (nSPS) is 17.1. The molecule has 4 N–H and O–H groups in total. The number of nitrogens with one attached hydrogen (secondary N) is 2. The van der Waals surface area contributed by atoms with Crippen LogP contribution in [-0.4, -0.2) is 35.5 Å². The largest absolute Gasteiger partial charge is 0.369 e.